The van der Waals surface area contributed by atoms with E-state index < -0.39 is 5.97 Å². The molecule has 1 aliphatic rings. The highest BCUT2D eigenvalue weighted by Gasteiger charge is 2.51. The van der Waals surface area contributed by atoms with Gasteiger partial charge in [-0.05, 0) is 35.4 Å². The number of aliphatic carboxylic acids is 1. The summed E-state index contributed by atoms with van der Waals surface area (Å²) in [4.78, 5) is 10.6. The van der Waals surface area contributed by atoms with Crippen LogP contribution in [0.3, 0.4) is 0 Å². The molecule has 0 spiro atoms. The fraction of sp³-hybridized carbons (Fsp3) is 0.417. The first-order valence-electron chi connectivity index (χ1n) is 5.03. The SMILES string of the molecule is CC1(c2ccc(O)cc2)CC1CC(=O)O. The van der Waals surface area contributed by atoms with E-state index in [4.69, 9.17) is 10.2 Å². The van der Waals surface area contributed by atoms with Gasteiger partial charge in [-0.15, -0.1) is 0 Å². The van der Waals surface area contributed by atoms with Gasteiger partial charge in [0, 0.05) is 6.42 Å². The highest BCUT2D eigenvalue weighted by molar-refractivity contribution is 5.68. The number of rotatable bonds is 3. The van der Waals surface area contributed by atoms with Crippen molar-refractivity contribution < 1.29 is 15.0 Å². The molecule has 2 N–H and O–H groups in total. The van der Waals surface area contributed by atoms with Crippen molar-refractivity contribution in [1.29, 1.82) is 0 Å². The van der Waals surface area contributed by atoms with Crippen molar-refractivity contribution in [3.8, 4) is 5.75 Å². The third kappa shape index (κ3) is 1.82. The minimum atomic E-state index is -0.734. The highest BCUT2D eigenvalue weighted by Crippen LogP contribution is 2.55. The Morgan fingerprint density at radius 3 is 2.60 bits per heavy atom. The van der Waals surface area contributed by atoms with Gasteiger partial charge in [0.15, 0.2) is 0 Å². The quantitative estimate of drug-likeness (QED) is 0.796. The van der Waals surface area contributed by atoms with E-state index in [0.717, 1.165) is 12.0 Å². The molecule has 0 saturated heterocycles. The van der Waals surface area contributed by atoms with E-state index in [2.05, 4.69) is 6.92 Å². The zero-order valence-corrected chi connectivity index (χ0v) is 8.60. The van der Waals surface area contributed by atoms with Crippen LogP contribution in [0.2, 0.25) is 0 Å². The van der Waals surface area contributed by atoms with Crippen LogP contribution in [0.1, 0.15) is 25.3 Å². The molecule has 0 radical (unpaired) electrons. The summed E-state index contributed by atoms with van der Waals surface area (Å²) in [6, 6.07) is 7.04. The molecule has 1 saturated carbocycles. The molecule has 2 atom stereocenters. The van der Waals surface area contributed by atoms with Crippen LogP contribution < -0.4 is 0 Å². The van der Waals surface area contributed by atoms with E-state index in [1.807, 2.05) is 12.1 Å². The molecule has 1 fully saturated rings. The first kappa shape index (κ1) is 10.0. The van der Waals surface area contributed by atoms with Gasteiger partial charge in [0.05, 0.1) is 0 Å². The van der Waals surface area contributed by atoms with Crippen molar-refractivity contribution in [3.63, 3.8) is 0 Å². The number of benzene rings is 1. The molecule has 0 heterocycles. The maximum atomic E-state index is 10.6. The number of hydrogen-bond donors (Lipinski definition) is 2. The van der Waals surface area contributed by atoms with Crippen molar-refractivity contribution in [2.45, 2.75) is 25.2 Å². The van der Waals surface area contributed by atoms with E-state index in [1.54, 1.807) is 12.1 Å². The summed E-state index contributed by atoms with van der Waals surface area (Å²) in [5, 5.41) is 17.9. The van der Waals surface area contributed by atoms with Gasteiger partial charge in [0.1, 0.15) is 5.75 Å². The molecule has 15 heavy (non-hydrogen) atoms. The number of carboxylic acid groups (broad SMARTS) is 1. The molecule has 1 aliphatic carbocycles. The van der Waals surface area contributed by atoms with E-state index in [9.17, 15) is 4.79 Å². The van der Waals surface area contributed by atoms with E-state index >= 15 is 0 Å². The zero-order valence-electron chi connectivity index (χ0n) is 8.60. The summed E-state index contributed by atoms with van der Waals surface area (Å²) in [6.07, 6.45) is 1.15. The Morgan fingerprint density at radius 1 is 1.47 bits per heavy atom. The summed E-state index contributed by atoms with van der Waals surface area (Å²) in [6.45, 7) is 2.08. The highest BCUT2D eigenvalue weighted by atomic mass is 16.4. The third-order valence-electron chi connectivity index (χ3n) is 3.36. The fourth-order valence-electron chi connectivity index (χ4n) is 2.16. The molecule has 3 heteroatoms. The second-order valence-electron chi connectivity index (χ2n) is 4.46. The number of aromatic hydroxyl groups is 1. The molecule has 2 unspecified atom stereocenters. The van der Waals surface area contributed by atoms with Gasteiger partial charge in [0.2, 0.25) is 0 Å². The topological polar surface area (TPSA) is 57.5 Å². The van der Waals surface area contributed by atoms with Gasteiger partial charge < -0.3 is 10.2 Å². The number of phenolic OH excluding ortho intramolecular Hbond substituents is 1. The minimum Gasteiger partial charge on any atom is -0.508 e. The van der Waals surface area contributed by atoms with Gasteiger partial charge in [-0.2, -0.15) is 0 Å². The lowest BCUT2D eigenvalue weighted by Gasteiger charge is -2.10. The van der Waals surface area contributed by atoms with Crippen LogP contribution in [0.4, 0.5) is 0 Å². The molecule has 80 valence electrons. The average Bonchev–Trinajstić information content (AvgIpc) is 2.78. The van der Waals surface area contributed by atoms with Crippen molar-refractivity contribution in [1.82, 2.24) is 0 Å². The Balaban J connectivity index is 2.12. The first-order chi connectivity index (χ1) is 7.02. The Morgan fingerprint density at radius 2 is 2.07 bits per heavy atom. The molecule has 0 aliphatic heterocycles. The van der Waals surface area contributed by atoms with E-state index in [-0.39, 0.29) is 23.5 Å². The number of hydrogen-bond acceptors (Lipinski definition) is 2. The lowest BCUT2D eigenvalue weighted by molar-refractivity contribution is -0.137. The smallest absolute Gasteiger partial charge is 0.303 e. The lowest BCUT2D eigenvalue weighted by atomic mass is 9.94. The van der Waals surface area contributed by atoms with Crippen molar-refractivity contribution >= 4 is 5.97 Å². The predicted molar refractivity (Wildman–Crippen MR) is 55.8 cm³/mol. The summed E-state index contributed by atoms with van der Waals surface area (Å²) in [5.74, 6) is -0.250. The molecule has 1 aromatic carbocycles. The number of phenols is 1. The van der Waals surface area contributed by atoms with Crippen molar-refractivity contribution in [2.24, 2.45) is 5.92 Å². The summed E-state index contributed by atoms with van der Waals surface area (Å²) < 4.78 is 0. The van der Waals surface area contributed by atoms with Gasteiger partial charge in [-0.1, -0.05) is 19.1 Å². The van der Waals surface area contributed by atoms with E-state index in [0.29, 0.717) is 0 Å². The Bertz CT molecular complexity index is 382. The molecule has 3 nitrogen and oxygen atoms in total. The van der Waals surface area contributed by atoms with Gasteiger partial charge in [-0.25, -0.2) is 0 Å². The third-order valence-corrected chi connectivity index (χ3v) is 3.36. The van der Waals surface area contributed by atoms with Crippen LogP contribution in [-0.2, 0) is 10.2 Å². The standard InChI is InChI=1S/C12H14O3/c1-12(7-9(12)6-11(14)15)8-2-4-10(13)5-3-8/h2-5,9,13H,6-7H2,1H3,(H,14,15). The molecule has 0 amide bonds. The normalized spacial score (nSPS) is 28.7. The Hall–Kier alpha value is -1.51. The van der Waals surface area contributed by atoms with Crippen LogP contribution in [0.25, 0.3) is 0 Å². The minimum absolute atomic E-state index is 0.00785. The van der Waals surface area contributed by atoms with Crippen molar-refractivity contribution in [3.05, 3.63) is 29.8 Å². The Labute approximate surface area is 88.4 Å². The van der Waals surface area contributed by atoms with Crippen LogP contribution in [-0.4, -0.2) is 16.2 Å². The first-order valence-corrected chi connectivity index (χ1v) is 5.03. The maximum Gasteiger partial charge on any atom is 0.303 e. The number of carbonyl (C=O) groups is 1. The van der Waals surface area contributed by atoms with Crippen LogP contribution >= 0.6 is 0 Å². The molecule has 0 aromatic heterocycles. The maximum absolute atomic E-state index is 10.6. The largest absolute Gasteiger partial charge is 0.508 e. The molecule has 1 aromatic rings. The molecular weight excluding hydrogens is 192 g/mol. The lowest BCUT2D eigenvalue weighted by Crippen LogP contribution is -2.07. The van der Waals surface area contributed by atoms with Crippen molar-refractivity contribution in [2.75, 3.05) is 0 Å². The van der Waals surface area contributed by atoms with E-state index in [1.165, 1.54) is 0 Å². The van der Waals surface area contributed by atoms with Crippen LogP contribution in [0.5, 0.6) is 5.75 Å². The summed E-state index contributed by atoms with van der Waals surface area (Å²) in [7, 11) is 0. The molecule has 0 bridgehead atoms. The summed E-state index contributed by atoms with van der Waals surface area (Å²) >= 11 is 0. The second-order valence-corrected chi connectivity index (χ2v) is 4.46. The Kier molecular flexibility index (Phi) is 2.18. The molecular formula is C12H14O3. The fourth-order valence-corrected chi connectivity index (χ4v) is 2.16. The second kappa shape index (κ2) is 3.26. The monoisotopic (exact) mass is 206 g/mol. The van der Waals surface area contributed by atoms with Gasteiger partial charge in [-0.3, -0.25) is 4.79 Å². The van der Waals surface area contributed by atoms with Crippen LogP contribution in [0.15, 0.2) is 24.3 Å². The zero-order chi connectivity index (χ0) is 11.1. The van der Waals surface area contributed by atoms with Crippen LogP contribution in [0, 0.1) is 5.92 Å². The van der Waals surface area contributed by atoms with Gasteiger partial charge >= 0.3 is 5.97 Å². The summed E-state index contributed by atoms with van der Waals surface area (Å²) in [5.41, 5.74) is 1.11. The van der Waals surface area contributed by atoms with Gasteiger partial charge in [0.25, 0.3) is 0 Å². The number of carboxylic acids is 1. The predicted octanol–water partition coefficient (Wildman–Crippen LogP) is 2.14. The molecule has 2 rings (SSSR count). The average molecular weight is 206 g/mol.